The molecule has 4 nitrogen and oxygen atoms in total. The van der Waals surface area contributed by atoms with Gasteiger partial charge in [-0.1, -0.05) is 32.9 Å². The molecule has 3 rings (SSSR count). The van der Waals surface area contributed by atoms with Gasteiger partial charge < -0.3 is 4.74 Å². The highest BCUT2D eigenvalue weighted by Gasteiger charge is 2.62. The van der Waals surface area contributed by atoms with E-state index in [0.29, 0.717) is 5.92 Å². The number of esters is 1. The summed E-state index contributed by atoms with van der Waals surface area (Å²) in [6, 6.07) is 6.33. The minimum Gasteiger partial charge on any atom is -0.458 e. The number of rotatable bonds is 3. The third kappa shape index (κ3) is 2.20. The molecule has 2 aliphatic rings. The average Bonchev–Trinajstić information content (AvgIpc) is 2.80. The van der Waals surface area contributed by atoms with Gasteiger partial charge in [-0.3, -0.25) is 0 Å². The molecule has 0 aromatic heterocycles. The summed E-state index contributed by atoms with van der Waals surface area (Å²) < 4.78 is 28.7. The van der Waals surface area contributed by atoms with Gasteiger partial charge in [-0.25, -0.2) is 10.9 Å². The lowest BCUT2D eigenvalue weighted by molar-refractivity contribution is -0.0243. The predicted octanol–water partition coefficient (Wildman–Crippen LogP) is 4.43. The number of hydrogen-bond donors (Lipinski definition) is 0. The zero-order valence-electron chi connectivity index (χ0n) is 13.1. The maximum atomic E-state index is 12.5. The summed E-state index contributed by atoms with van der Waals surface area (Å²) in [5, 5.41) is 0. The third-order valence-corrected chi connectivity index (χ3v) is 8.11. The van der Waals surface area contributed by atoms with Crippen LogP contribution in [0, 0.1) is 20.3 Å². The molecule has 0 spiro atoms. The number of halogens is 1. The molecule has 1 aromatic rings. The van der Waals surface area contributed by atoms with Crippen molar-refractivity contribution in [3.8, 4) is 0 Å². The van der Waals surface area contributed by atoms with Crippen LogP contribution in [0.3, 0.4) is 0 Å². The summed E-state index contributed by atoms with van der Waals surface area (Å²) in [6.45, 7) is 6.71. The molecular weight excluding hydrogens is 395 g/mol. The van der Waals surface area contributed by atoms with Crippen molar-refractivity contribution in [2.24, 2.45) is 16.7 Å². The van der Waals surface area contributed by atoms with Crippen LogP contribution in [0.2, 0.25) is 0 Å². The number of ether oxygens (including phenoxy) is 1. The monoisotopic (exact) mass is 416 g/mol. The lowest BCUT2D eigenvalue weighted by Gasteiger charge is -2.38. The highest BCUT2D eigenvalue weighted by Crippen LogP contribution is 2.66. The second-order valence-corrected chi connectivity index (χ2v) is 9.60. The van der Waals surface area contributed by atoms with E-state index in [1.165, 1.54) is 12.5 Å². The highest BCUT2D eigenvalue weighted by atomic mass is 127. The van der Waals surface area contributed by atoms with Crippen molar-refractivity contribution in [1.29, 1.82) is 0 Å². The fourth-order valence-electron chi connectivity index (χ4n) is 4.26. The molecule has 2 saturated carbocycles. The van der Waals surface area contributed by atoms with Crippen molar-refractivity contribution in [3.05, 3.63) is 33.4 Å². The average molecular weight is 416 g/mol. The van der Waals surface area contributed by atoms with Gasteiger partial charge in [-0.05, 0) is 42.7 Å². The number of hydrogen-bond acceptors (Lipinski definition) is 4. The zero-order chi connectivity index (χ0) is 16.1. The molecule has 0 N–H and O–H groups in total. The molecule has 2 fully saturated rings. The quantitative estimate of drug-likeness (QED) is 0.541. The van der Waals surface area contributed by atoms with Gasteiger partial charge in [-0.2, -0.15) is 0 Å². The van der Waals surface area contributed by atoms with Gasteiger partial charge in [0, 0.05) is 5.41 Å². The van der Waals surface area contributed by atoms with Gasteiger partial charge in [0.2, 0.25) is 0 Å². The molecule has 2 unspecified atom stereocenters. The van der Waals surface area contributed by atoms with Crippen LogP contribution in [0.15, 0.2) is 24.3 Å². The molecule has 5 heteroatoms. The molecule has 0 saturated heterocycles. The van der Waals surface area contributed by atoms with E-state index in [0.717, 1.165) is 12.8 Å². The Labute approximate surface area is 137 Å². The molecule has 0 aliphatic heterocycles. The lowest BCUT2D eigenvalue weighted by Crippen LogP contribution is -2.38. The Kier molecular flexibility index (Phi) is 3.82. The summed E-state index contributed by atoms with van der Waals surface area (Å²) in [5.74, 6) is 0.0760. The Morgan fingerprint density at radius 2 is 1.91 bits per heavy atom. The molecule has 22 heavy (non-hydrogen) atoms. The van der Waals surface area contributed by atoms with E-state index in [-0.39, 0.29) is 26.1 Å². The lowest BCUT2D eigenvalue weighted by atomic mass is 9.70. The van der Waals surface area contributed by atoms with Crippen LogP contribution < -0.4 is 0 Å². The molecule has 0 radical (unpaired) electrons. The Morgan fingerprint density at radius 3 is 2.45 bits per heavy atom. The Morgan fingerprint density at radius 1 is 1.23 bits per heavy atom. The van der Waals surface area contributed by atoms with Crippen molar-refractivity contribution in [2.75, 3.05) is 0 Å². The van der Waals surface area contributed by atoms with Crippen LogP contribution in [0.1, 0.15) is 50.4 Å². The zero-order valence-corrected chi connectivity index (χ0v) is 15.3. The third-order valence-electron chi connectivity index (χ3n) is 6.22. The van der Waals surface area contributed by atoms with Crippen LogP contribution in [0.25, 0.3) is 0 Å². The standard InChI is InChI=1S/C17H21IO4/c1-16(2)11-8-9-17(16,3)14(10-11)22-15(19)12-6-4-5-7-13(12)18(20)21/h4-7,11,14H,8-10H2,1-3H3/t11?,14?,17-/m1/s1. The normalized spacial score (nSPS) is 32.4. The van der Waals surface area contributed by atoms with Gasteiger partial charge in [0.15, 0.2) is 0 Å². The fraction of sp³-hybridized carbons (Fsp3) is 0.588. The molecule has 1 aromatic carbocycles. The minimum absolute atomic E-state index is 0.0184. The van der Waals surface area contributed by atoms with E-state index in [1.807, 2.05) is 0 Å². The summed E-state index contributed by atoms with van der Waals surface area (Å²) in [6.07, 6.45) is 3.01. The van der Waals surface area contributed by atoms with Crippen molar-refractivity contribution in [1.82, 2.24) is 0 Å². The molecule has 2 aliphatic carbocycles. The molecule has 0 amide bonds. The first-order valence-corrected chi connectivity index (χ1v) is 10.5. The Bertz CT molecular complexity index is 684. The van der Waals surface area contributed by atoms with E-state index in [4.69, 9.17) is 4.74 Å². The molecule has 120 valence electrons. The van der Waals surface area contributed by atoms with Gasteiger partial charge in [-0.15, -0.1) is 0 Å². The van der Waals surface area contributed by atoms with E-state index < -0.39 is 25.8 Å². The topological polar surface area (TPSA) is 60.4 Å². The molecule has 3 atom stereocenters. The van der Waals surface area contributed by atoms with Gasteiger partial charge >= 0.3 is 25.8 Å². The van der Waals surface area contributed by atoms with E-state index >= 15 is 0 Å². The molecular formula is C17H21IO4. The molecule has 2 bridgehead atoms. The first-order chi connectivity index (χ1) is 10.3. The van der Waals surface area contributed by atoms with Crippen molar-refractivity contribution >= 4 is 25.8 Å². The summed E-state index contributed by atoms with van der Waals surface area (Å²) in [5.41, 5.74) is 0.324. The maximum Gasteiger partial charge on any atom is 0.341 e. The minimum atomic E-state index is -3.70. The van der Waals surface area contributed by atoms with E-state index in [1.54, 1.807) is 18.2 Å². The van der Waals surface area contributed by atoms with Crippen LogP contribution in [0.5, 0.6) is 0 Å². The number of benzene rings is 1. The highest BCUT2D eigenvalue weighted by molar-refractivity contribution is 14.2. The van der Waals surface area contributed by atoms with E-state index in [2.05, 4.69) is 20.8 Å². The number of carbonyl (C=O) groups is 1. The van der Waals surface area contributed by atoms with Crippen LogP contribution in [0.4, 0.5) is 0 Å². The first-order valence-electron chi connectivity index (χ1n) is 7.62. The van der Waals surface area contributed by atoms with Crippen molar-refractivity contribution < 1.29 is 15.7 Å². The predicted molar refractivity (Wildman–Crippen MR) is 89.0 cm³/mol. The van der Waals surface area contributed by atoms with Crippen molar-refractivity contribution in [2.45, 2.75) is 46.1 Å². The Hall–Kier alpha value is -0.980. The van der Waals surface area contributed by atoms with Gasteiger partial charge in [0.05, 0.1) is 9.13 Å². The smallest absolute Gasteiger partial charge is 0.341 e. The fourth-order valence-corrected chi connectivity index (χ4v) is 5.64. The second-order valence-electron chi connectivity index (χ2n) is 7.20. The van der Waals surface area contributed by atoms with Crippen LogP contribution in [-0.4, -0.2) is 12.1 Å². The maximum absolute atomic E-state index is 12.5. The largest absolute Gasteiger partial charge is 0.458 e. The summed E-state index contributed by atoms with van der Waals surface area (Å²) in [7, 11) is 0. The van der Waals surface area contributed by atoms with Gasteiger partial charge in [0.1, 0.15) is 6.10 Å². The Balaban J connectivity index is 1.85. The number of fused-ring (bicyclic) bond motifs is 2. The van der Waals surface area contributed by atoms with Gasteiger partial charge in [0.25, 0.3) is 0 Å². The summed E-state index contributed by atoms with van der Waals surface area (Å²) >= 11 is -3.70. The second kappa shape index (κ2) is 5.28. The van der Waals surface area contributed by atoms with E-state index in [9.17, 15) is 10.9 Å². The first kappa shape index (κ1) is 15.9. The number of carbonyl (C=O) groups excluding carboxylic acids is 1. The summed E-state index contributed by atoms with van der Waals surface area (Å²) in [4.78, 5) is 12.5. The van der Waals surface area contributed by atoms with Crippen LogP contribution >= 0.6 is 19.8 Å². The van der Waals surface area contributed by atoms with Crippen molar-refractivity contribution in [3.63, 3.8) is 0 Å². The SMILES string of the molecule is CC1(C)C2CC[C@]1(C)C(OC(=O)c1ccccc1I(=O)=O)C2. The molecule has 0 heterocycles. The van der Waals surface area contributed by atoms with Crippen LogP contribution in [-0.2, 0) is 10.9 Å².